The van der Waals surface area contributed by atoms with Gasteiger partial charge in [0, 0.05) is 32.2 Å². The minimum atomic E-state index is -1.24. The fraction of sp³-hybridized carbons (Fsp3) is 0.727. The zero-order valence-corrected chi connectivity index (χ0v) is 18.9. The SMILES string of the molecule is O=[N+]([O-])c1cc(CN2CCOC2)ccc1NCCCCCCN1C[C@H](O)[C@@H](O)[C@H](O)[C@H]1CO. The minimum Gasteiger partial charge on any atom is -0.395 e. The lowest BCUT2D eigenvalue weighted by atomic mass is 9.94. The van der Waals surface area contributed by atoms with E-state index in [1.807, 2.05) is 11.0 Å². The van der Waals surface area contributed by atoms with Crippen LogP contribution in [0.4, 0.5) is 11.4 Å². The first kappa shape index (κ1) is 25.8. The van der Waals surface area contributed by atoms with Crippen LogP contribution in [0, 0.1) is 10.1 Å². The van der Waals surface area contributed by atoms with Crippen LogP contribution in [0.1, 0.15) is 31.2 Å². The van der Waals surface area contributed by atoms with Crippen molar-refractivity contribution in [3.63, 3.8) is 0 Å². The second-order valence-corrected chi connectivity index (χ2v) is 8.83. The molecule has 0 radical (unpaired) electrons. The van der Waals surface area contributed by atoms with Crippen molar-refractivity contribution in [3.05, 3.63) is 33.9 Å². The van der Waals surface area contributed by atoms with Gasteiger partial charge in [0.2, 0.25) is 0 Å². The standard InChI is InChI=1S/C22H36N4O7/c27-14-19-21(29)22(30)20(28)13-25(19)8-4-2-1-3-7-23-17-6-5-16(11-18(17)26(31)32)12-24-9-10-33-15-24/h5-6,11,19-23,27-30H,1-4,7-10,12-15H2/t19-,20+,21-,22-/m1/s1. The van der Waals surface area contributed by atoms with E-state index < -0.39 is 24.4 Å². The van der Waals surface area contributed by atoms with Crippen LogP contribution < -0.4 is 5.32 Å². The average molecular weight is 469 g/mol. The Hall–Kier alpha value is -1.86. The summed E-state index contributed by atoms with van der Waals surface area (Å²) in [5.41, 5.74) is 1.48. The van der Waals surface area contributed by atoms with Crippen LogP contribution in [-0.2, 0) is 11.3 Å². The quantitative estimate of drug-likeness (QED) is 0.162. The first-order chi connectivity index (χ1) is 15.9. The largest absolute Gasteiger partial charge is 0.395 e. The Morgan fingerprint density at radius 1 is 1.15 bits per heavy atom. The molecule has 2 heterocycles. The van der Waals surface area contributed by atoms with Crippen LogP contribution >= 0.6 is 0 Å². The van der Waals surface area contributed by atoms with Gasteiger partial charge in [-0.15, -0.1) is 0 Å². The van der Waals surface area contributed by atoms with Gasteiger partial charge in [-0.05, 0) is 31.0 Å². The molecule has 1 aromatic rings. The van der Waals surface area contributed by atoms with Crippen LogP contribution in [-0.4, -0.2) is 106 Å². The fourth-order valence-electron chi connectivity index (χ4n) is 4.46. The predicted molar refractivity (Wildman–Crippen MR) is 122 cm³/mol. The van der Waals surface area contributed by atoms with Gasteiger partial charge >= 0.3 is 0 Å². The number of rotatable bonds is 12. The maximum atomic E-state index is 11.5. The number of aliphatic hydroxyl groups excluding tert-OH is 4. The molecule has 4 atom stereocenters. The van der Waals surface area contributed by atoms with Gasteiger partial charge in [-0.3, -0.25) is 19.9 Å². The molecule has 2 aliphatic heterocycles. The lowest BCUT2D eigenvalue weighted by Gasteiger charge is -2.43. The van der Waals surface area contributed by atoms with Gasteiger partial charge in [-0.2, -0.15) is 0 Å². The highest BCUT2D eigenvalue weighted by atomic mass is 16.6. The lowest BCUT2D eigenvalue weighted by Crippen LogP contribution is -2.62. The van der Waals surface area contributed by atoms with Crippen molar-refractivity contribution in [1.82, 2.24) is 9.80 Å². The van der Waals surface area contributed by atoms with Gasteiger partial charge in [0.1, 0.15) is 17.9 Å². The van der Waals surface area contributed by atoms with Crippen LogP contribution in [0.3, 0.4) is 0 Å². The molecule has 0 amide bonds. The van der Waals surface area contributed by atoms with Gasteiger partial charge in [-0.25, -0.2) is 0 Å². The molecule has 0 aliphatic carbocycles. The summed E-state index contributed by atoms with van der Waals surface area (Å²) in [6.07, 6.45) is 0.0466. The highest BCUT2D eigenvalue weighted by Crippen LogP contribution is 2.27. The van der Waals surface area contributed by atoms with E-state index in [4.69, 9.17) is 4.74 Å². The van der Waals surface area contributed by atoms with Crippen molar-refractivity contribution in [3.8, 4) is 0 Å². The Balaban J connectivity index is 1.38. The van der Waals surface area contributed by atoms with Gasteiger partial charge < -0.3 is 30.5 Å². The average Bonchev–Trinajstić information content (AvgIpc) is 3.30. The number of nitrogens with zero attached hydrogens (tertiary/aromatic N) is 3. The molecule has 0 saturated carbocycles. The zero-order chi connectivity index (χ0) is 23.8. The second kappa shape index (κ2) is 12.6. The molecule has 33 heavy (non-hydrogen) atoms. The topological polar surface area (TPSA) is 152 Å². The van der Waals surface area contributed by atoms with Gasteiger partial charge in [0.25, 0.3) is 5.69 Å². The molecule has 11 nitrogen and oxygen atoms in total. The third-order valence-electron chi connectivity index (χ3n) is 6.39. The molecule has 2 saturated heterocycles. The van der Waals surface area contributed by atoms with Gasteiger partial charge in [0.15, 0.2) is 0 Å². The Bertz CT molecular complexity index is 762. The molecule has 0 aromatic heterocycles. The van der Waals surface area contributed by atoms with Crippen molar-refractivity contribution in [2.24, 2.45) is 0 Å². The third-order valence-corrected chi connectivity index (χ3v) is 6.39. The van der Waals surface area contributed by atoms with E-state index in [0.717, 1.165) is 37.8 Å². The maximum Gasteiger partial charge on any atom is 0.292 e. The molecule has 0 unspecified atom stereocenters. The van der Waals surface area contributed by atoms with Crippen molar-refractivity contribution >= 4 is 11.4 Å². The molecule has 5 N–H and O–H groups in total. The number of ether oxygens (including phenoxy) is 1. The summed E-state index contributed by atoms with van der Waals surface area (Å²) < 4.78 is 5.32. The number of aliphatic hydroxyl groups is 4. The first-order valence-electron chi connectivity index (χ1n) is 11.6. The van der Waals surface area contributed by atoms with Crippen LogP contribution in [0.5, 0.6) is 0 Å². The van der Waals surface area contributed by atoms with Gasteiger partial charge in [-0.1, -0.05) is 18.9 Å². The summed E-state index contributed by atoms with van der Waals surface area (Å²) in [5, 5.41) is 53.8. The molecule has 2 aliphatic rings. The molecule has 0 bridgehead atoms. The Morgan fingerprint density at radius 2 is 1.94 bits per heavy atom. The molecule has 1 aromatic carbocycles. The Kier molecular flexibility index (Phi) is 9.80. The first-order valence-corrected chi connectivity index (χ1v) is 11.6. The highest BCUT2D eigenvalue weighted by molar-refractivity contribution is 5.62. The maximum absolute atomic E-state index is 11.5. The van der Waals surface area contributed by atoms with Crippen molar-refractivity contribution < 1.29 is 30.1 Å². The number of unbranched alkanes of at least 4 members (excludes halogenated alkanes) is 3. The zero-order valence-electron chi connectivity index (χ0n) is 18.9. The molecule has 2 fully saturated rings. The van der Waals surface area contributed by atoms with E-state index in [-0.39, 0.29) is 23.8 Å². The molecular formula is C22H36N4O7. The lowest BCUT2D eigenvalue weighted by molar-refractivity contribution is -0.384. The predicted octanol–water partition coefficient (Wildman–Crippen LogP) is 0.116. The number of piperidine rings is 1. The smallest absolute Gasteiger partial charge is 0.292 e. The van der Waals surface area contributed by atoms with Crippen molar-refractivity contribution in [2.75, 3.05) is 51.4 Å². The van der Waals surface area contributed by atoms with E-state index in [2.05, 4.69) is 10.2 Å². The summed E-state index contributed by atoms with van der Waals surface area (Å²) in [6.45, 7) is 3.86. The Morgan fingerprint density at radius 3 is 2.64 bits per heavy atom. The summed E-state index contributed by atoms with van der Waals surface area (Å²) in [7, 11) is 0. The van der Waals surface area contributed by atoms with Crippen molar-refractivity contribution in [1.29, 1.82) is 0 Å². The van der Waals surface area contributed by atoms with Crippen LogP contribution in [0.25, 0.3) is 0 Å². The molecule has 186 valence electrons. The number of hydrogen-bond acceptors (Lipinski definition) is 10. The van der Waals surface area contributed by atoms with Crippen LogP contribution in [0.15, 0.2) is 18.2 Å². The van der Waals surface area contributed by atoms with E-state index in [0.29, 0.717) is 38.7 Å². The number of nitro groups is 1. The summed E-state index contributed by atoms with van der Waals surface area (Å²) in [4.78, 5) is 15.1. The number of hydrogen-bond donors (Lipinski definition) is 5. The monoisotopic (exact) mass is 468 g/mol. The highest BCUT2D eigenvalue weighted by Gasteiger charge is 2.40. The summed E-state index contributed by atoms with van der Waals surface area (Å²) in [6, 6.07) is 4.72. The Labute approximate surface area is 193 Å². The summed E-state index contributed by atoms with van der Waals surface area (Å²) in [5.74, 6) is 0. The van der Waals surface area contributed by atoms with Crippen molar-refractivity contribution in [2.45, 2.75) is 56.6 Å². The van der Waals surface area contributed by atoms with E-state index in [9.17, 15) is 30.5 Å². The second-order valence-electron chi connectivity index (χ2n) is 8.83. The summed E-state index contributed by atoms with van der Waals surface area (Å²) >= 11 is 0. The minimum absolute atomic E-state index is 0.0760. The number of likely N-dealkylation sites (tertiary alicyclic amines) is 1. The van der Waals surface area contributed by atoms with E-state index in [1.54, 1.807) is 12.1 Å². The molecular weight excluding hydrogens is 432 g/mol. The van der Waals surface area contributed by atoms with Gasteiger partial charge in [0.05, 0.1) is 37.0 Å². The number of anilines is 1. The molecule has 3 rings (SSSR count). The number of nitrogens with one attached hydrogen (secondary N) is 1. The van der Waals surface area contributed by atoms with E-state index >= 15 is 0 Å². The molecule has 11 heteroatoms. The third kappa shape index (κ3) is 7.06. The molecule has 0 spiro atoms. The number of benzene rings is 1. The van der Waals surface area contributed by atoms with E-state index in [1.165, 1.54) is 0 Å². The normalized spacial score (nSPS) is 26.5. The van der Waals surface area contributed by atoms with Crippen LogP contribution in [0.2, 0.25) is 0 Å². The number of β-amino-alcohol motifs (C(OH)–C–C–N with tert-alkyl or cyclic N) is 1. The fourth-order valence-corrected chi connectivity index (χ4v) is 4.46. The number of nitro benzene ring substituents is 1.